The molecule has 7 heteroatoms. The van der Waals surface area contributed by atoms with Crippen molar-refractivity contribution in [1.82, 2.24) is 4.31 Å². The number of benzene rings is 2. The molecule has 0 N–H and O–H groups in total. The van der Waals surface area contributed by atoms with E-state index in [-0.39, 0.29) is 18.5 Å². The molecule has 1 aliphatic heterocycles. The highest BCUT2D eigenvalue weighted by atomic mass is 35.5. The number of hydrogen-bond donors (Lipinski definition) is 0. The van der Waals surface area contributed by atoms with Crippen LogP contribution in [-0.4, -0.2) is 31.8 Å². The van der Waals surface area contributed by atoms with Crippen LogP contribution in [-0.2, 0) is 26.2 Å². The molecular formula is C21H24ClNO4S. The van der Waals surface area contributed by atoms with Crippen LogP contribution >= 0.6 is 11.6 Å². The first-order chi connectivity index (χ1) is 13.3. The highest BCUT2D eigenvalue weighted by molar-refractivity contribution is 7.89. The highest BCUT2D eigenvalue weighted by Crippen LogP contribution is 2.26. The molecule has 0 unspecified atom stereocenters. The van der Waals surface area contributed by atoms with Crippen LogP contribution in [0.25, 0.3) is 0 Å². The quantitative estimate of drug-likeness (QED) is 0.682. The number of carbonyl (C=O) groups excluding carboxylic acids is 1. The fourth-order valence-corrected chi connectivity index (χ4v) is 5.02. The molecule has 2 aromatic carbocycles. The number of rotatable bonds is 5. The Morgan fingerprint density at radius 2 is 1.82 bits per heavy atom. The molecule has 1 fully saturated rings. The monoisotopic (exact) mass is 421 g/mol. The summed E-state index contributed by atoms with van der Waals surface area (Å²) in [4.78, 5) is 12.6. The smallest absolute Gasteiger partial charge is 0.309 e. The molecule has 0 aliphatic carbocycles. The molecule has 150 valence electrons. The number of hydrogen-bond acceptors (Lipinski definition) is 4. The van der Waals surface area contributed by atoms with Crippen LogP contribution in [0.3, 0.4) is 0 Å². The van der Waals surface area contributed by atoms with E-state index in [0.717, 1.165) is 16.7 Å². The maximum atomic E-state index is 12.9. The number of halogens is 1. The summed E-state index contributed by atoms with van der Waals surface area (Å²) >= 11 is 5.93. The normalized spacial score (nSPS) is 16.1. The molecule has 1 saturated heterocycles. The molecule has 1 heterocycles. The molecule has 0 aromatic heterocycles. The summed E-state index contributed by atoms with van der Waals surface area (Å²) in [5.74, 6) is -0.575. The van der Waals surface area contributed by atoms with E-state index in [9.17, 15) is 13.2 Å². The summed E-state index contributed by atoms with van der Waals surface area (Å²) in [5, 5.41) is 0.596. The second-order valence-electron chi connectivity index (χ2n) is 7.16. The zero-order valence-electron chi connectivity index (χ0n) is 16.0. The van der Waals surface area contributed by atoms with Crippen molar-refractivity contribution in [1.29, 1.82) is 0 Å². The van der Waals surface area contributed by atoms with Crippen LogP contribution in [0.2, 0.25) is 5.02 Å². The van der Waals surface area contributed by atoms with E-state index in [1.54, 1.807) is 24.3 Å². The van der Waals surface area contributed by atoms with Gasteiger partial charge in [0.1, 0.15) is 6.61 Å². The third-order valence-corrected chi connectivity index (χ3v) is 7.30. The Morgan fingerprint density at radius 1 is 1.11 bits per heavy atom. The van der Waals surface area contributed by atoms with E-state index >= 15 is 0 Å². The van der Waals surface area contributed by atoms with E-state index < -0.39 is 10.0 Å². The third kappa shape index (κ3) is 4.74. The first kappa shape index (κ1) is 20.8. The summed E-state index contributed by atoms with van der Waals surface area (Å²) in [6.45, 7) is 4.64. The van der Waals surface area contributed by atoms with Gasteiger partial charge in [-0.2, -0.15) is 4.31 Å². The number of sulfonamides is 1. The maximum Gasteiger partial charge on any atom is 0.309 e. The van der Waals surface area contributed by atoms with Crippen molar-refractivity contribution in [3.05, 3.63) is 64.2 Å². The largest absolute Gasteiger partial charge is 0.461 e. The van der Waals surface area contributed by atoms with E-state index in [1.165, 1.54) is 4.31 Å². The van der Waals surface area contributed by atoms with Gasteiger partial charge in [-0.1, -0.05) is 29.8 Å². The predicted molar refractivity (Wildman–Crippen MR) is 109 cm³/mol. The third-order valence-electron chi connectivity index (χ3n) is 5.17. The minimum Gasteiger partial charge on any atom is -0.461 e. The van der Waals surface area contributed by atoms with Gasteiger partial charge >= 0.3 is 5.97 Å². The van der Waals surface area contributed by atoms with Crippen LogP contribution in [0.5, 0.6) is 0 Å². The van der Waals surface area contributed by atoms with Gasteiger partial charge in [-0.3, -0.25) is 4.79 Å². The van der Waals surface area contributed by atoms with Crippen LogP contribution in [0.15, 0.2) is 47.4 Å². The van der Waals surface area contributed by atoms with E-state index in [0.29, 0.717) is 35.8 Å². The lowest BCUT2D eigenvalue weighted by atomic mass is 9.98. The summed E-state index contributed by atoms with van der Waals surface area (Å²) in [6, 6.07) is 12.3. The molecule has 0 atom stereocenters. The van der Waals surface area contributed by atoms with Crippen molar-refractivity contribution in [2.75, 3.05) is 13.1 Å². The van der Waals surface area contributed by atoms with Crippen molar-refractivity contribution < 1.29 is 17.9 Å². The zero-order valence-corrected chi connectivity index (χ0v) is 17.6. The molecule has 1 aliphatic rings. The van der Waals surface area contributed by atoms with Gasteiger partial charge < -0.3 is 4.74 Å². The van der Waals surface area contributed by atoms with E-state index in [2.05, 4.69) is 0 Å². The standard InChI is InChI=1S/C21H24ClNO4S/c1-15-6-7-20(12-16(15)2)28(25,26)23-10-8-18(9-11-23)21(24)27-14-17-4-3-5-19(22)13-17/h3-7,12-13,18H,8-11,14H2,1-2H3. The van der Waals surface area contributed by atoms with Crippen molar-refractivity contribution in [3.8, 4) is 0 Å². The van der Waals surface area contributed by atoms with Gasteiger partial charge in [-0.05, 0) is 67.6 Å². The second-order valence-corrected chi connectivity index (χ2v) is 9.54. The molecule has 0 spiro atoms. The Hall–Kier alpha value is -1.89. The van der Waals surface area contributed by atoms with Crippen molar-refractivity contribution in [2.45, 2.75) is 38.2 Å². The molecular weight excluding hydrogens is 398 g/mol. The van der Waals surface area contributed by atoms with Crippen LogP contribution in [0, 0.1) is 19.8 Å². The summed E-state index contributed by atoms with van der Waals surface area (Å²) in [7, 11) is -3.54. The zero-order chi connectivity index (χ0) is 20.3. The van der Waals surface area contributed by atoms with Crippen molar-refractivity contribution in [2.24, 2.45) is 5.92 Å². The molecule has 0 amide bonds. The lowest BCUT2D eigenvalue weighted by molar-refractivity contribution is -0.151. The Kier molecular flexibility index (Phi) is 6.43. The van der Waals surface area contributed by atoms with Gasteiger partial charge in [0, 0.05) is 18.1 Å². The Morgan fingerprint density at radius 3 is 2.46 bits per heavy atom. The molecule has 2 aromatic rings. The molecule has 0 saturated carbocycles. The number of nitrogens with zero attached hydrogens (tertiary/aromatic N) is 1. The SMILES string of the molecule is Cc1ccc(S(=O)(=O)N2CCC(C(=O)OCc3cccc(Cl)c3)CC2)cc1C. The van der Waals surface area contributed by atoms with Crippen LogP contribution in [0.4, 0.5) is 0 Å². The van der Waals surface area contributed by atoms with Gasteiger partial charge in [-0.25, -0.2) is 8.42 Å². The first-order valence-electron chi connectivity index (χ1n) is 9.26. The number of aryl methyl sites for hydroxylation is 2. The molecule has 0 bridgehead atoms. The van der Waals surface area contributed by atoms with Crippen LogP contribution < -0.4 is 0 Å². The van der Waals surface area contributed by atoms with Crippen molar-refractivity contribution >= 4 is 27.6 Å². The first-order valence-corrected chi connectivity index (χ1v) is 11.1. The fourth-order valence-electron chi connectivity index (χ4n) is 3.25. The second kappa shape index (κ2) is 8.64. The molecule has 5 nitrogen and oxygen atoms in total. The lowest BCUT2D eigenvalue weighted by Gasteiger charge is -2.30. The topological polar surface area (TPSA) is 63.7 Å². The average Bonchev–Trinajstić information content (AvgIpc) is 2.68. The fraction of sp³-hybridized carbons (Fsp3) is 0.381. The Balaban J connectivity index is 1.57. The van der Waals surface area contributed by atoms with Gasteiger partial charge in [0.05, 0.1) is 10.8 Å². The minimum absolute atomic E-state index is 0.167. The predicted octanol–water partition coefficient (Wildman–Crippen LogP) is 4.10. The lowest BCUT2D eigenvalue weighted by Crippen LogP contribution is -2.40. The van der Waals surface area contributed by atoms with Gasteiger partial charge in [0.25, 0.3) is 0 Å². The molecule has 0 radical (unpaired) electrons. The summed E-state index contributed by atoms with van der Waals surface area (Å²) in [6.07, 6.45) is 0.914. The van der Waals surface area contributed by atoms with E-state index in [4.69, 9.17) is 16.3 Å². The van der Waals surface area contributed by atoms with Crippen LogP contribution in [0.1, 0.15) is 29.5 Å². The van der Waals surface area contributed by atoms with E-state index in [1.807, 2.05) is 32.0 Å². The minimum atomic E-state index is -3.54. The highest BCUT2D eigenvalue weighted by Gasteiger charge is 2.32. The van der Waals surface area contributed by atoms with Crippen molar-refractivity contribution in [3.63, 3.8) is 0 Å². The average molecular weight is 422 g/mol. The Bertz CT molecular complexity index is 966. The summed E-state index contributed by atoms with van der Waals surface area (Å²) in [5.41, 5.74) is 2.83. The van der Waals surface area contributed by atoms with Gasteiger partial charge in [0.15, 0.2) is 0 Å². The number of carbonyl (C=O) groups is 1. The number of esters is 1. The molecule has 3 rings (SSSR count). The van der Waals surface area contributed by atoms with Gasteiger partial charge in [0.2, 0.25) is 10.0 Å². The summed E-state index contributed by atoms with van der Waals surface area (Å²) < 4.78 is 32.6. The number of ether oxygens (including phenoxy) is 1. The number of piperidine rings is 1. The maximum absolute atomic E-state index is 12.9. The molecule has 28 heavy (non-hydrogen) atoms. The van der Waals surface area contributed by atoms with Gasteiger partial charge in [-0.15, -0.1) is 0 Å². The Labute approximate surface area is 171 Å².